The molecule has 12 rings (SSSR count). The van der Waals surface area contributed by atoms with Gasteiger partial charge in [-0.25, -0.2) is 58.9 Å². The first kappa shape index (κ1) is 106. The molecule has 10 aromatic rings. The van der Waals surface area contributed by atoms with Crippen molar-refractivity contribution in [2.75, 3.05) is 75.6 Å². The Morgan fingerprint density at radius 3 is 1.42 bits per heavy atom. The first-order chi connectivity index (χ1) is 55.4. The number of carbonyl (C=O) groups is 5. The second-order valence-electron chi connectivity index (χ2n) is 23.5. The Labute approximate surface area is 736 Å². The van der Waals surface area contributed by atoms with Crippen LogP contribution in [0.2, 0.25) is 15.5 Å². The van der Waals surface area contributed by atoms with E-state index >= 15 is 0 Å². The number of pyridine rings is 2. The molecule has 2 aliphatic rings. The zero-order chi connectivity index (χ0) is 86.1. The third-order valence-corrected chi connectivity index (χ3v) is 20.0. The minimum absolute atomic E-state index is 0. The first-order valence-electron chi connectivity index (χ1n) is 35.2. The number of aryl methyl sites for hydroxylation is 2. The van der Waals surface area contributed by atoms with E-state index in [0.29, 0.717) is 86.4 Å². The molecule has 0 bridgehead atoms. The van der Waals surface area contributed by atoms with E-state index in [1.54, 1.807) is 98.0 Å². The summed E-state index contributed by atoms with van der Waals surface area (Å²) in [6.45, 7) is 26.1. The fourth-order valence-corrected chi connectivity index (χ4v) is 14.1. The van der Waals surface area contributed by atoms with Crippen LogP contribution in [-0.4, -0.2) is 159 Å². The van der Waals surface area contributed by atoms with Gasteiger partial charge in [0.25, 0.3) is 0 Å². The molecule has 2 aliphatic heterocycles. The summed E-state index contributed by atoms with van der Waals surface area (Å²) >= 11 is 26.4. The number of nitriles is 2. The van der Waals surface area contributed by atoms with Crippen molar-refractivity contribution in [2.45, 2.75) is 121 Å². The lowest BCUT2D eigenvalue weighted by Crippen LogP contribution is -2.29. The van der Waals surface area contributed by atoms with E-state index in [4.69, 9.17) is 100 Å². The van der Waals surface area contributed by atoms with E-state index < -0.39 is 30.6 Å². The van der Waals surface area contributed by atoms with Crippen molar-refractivity contribution < 1.29 is 72.0 Å². The summed E-state index contributed by atoms with van der Waals surface area (Å²) in [6, 6.07) is 39.5. The van der Waals surface area contributed by atoms with Crippen LogP contribution in [0.4, 0.5) is 15.3 Å². The number of carbonyl (C=O) groups excluding carboxylic acids is 5. The maximum Gasteiger partial charge on any atom is 0.488 e. The number of halogens is 5. The van der Waals surface area contributed by atoms with Gasteiger partial charge in [-0.1, -0.05) is 191 Å². The highest BCUT2D eigenvalue weighted by atomic mass is 79.9. The normalized spacial score (nSPS) is 12.2. The van der Waals surface area contributed by atoms with Crippen molar-refractivity contribution in [2.24, 2.45) is 5.34 Å². The molecule has 41 heteroatoms. The Kier molecular flexibility index (Phi) is 53.4. The fraction of sp³-hybridized carbons (Fsp3) is 0.351. The van der Waals surface area contributed by atoms with Gasteiger partial charge in [-0.2, -0.15) is 10.5 Å². The quantitative estimate of drug-likeness (QED) is 0.0165. The van der Waals surface area contributed by atoms with Crippen LogP contribution in [0.5, 0.6) is 11.8 Å². The number of nitrogens with zero attached hydrogens (tertiary/aromatic N) is 11. The number of nitrogen functional groups attached to an aromatic ring is 2. The number of nitrogens with two attached hydrogens (primary N) is 2. The molecule has 0 unspecified atom stereocenters. The van der Waals surface area contributed by atoms with Crippen LogP contribution in [0, 0.1) is 41.4 Å². The van der Waals surface area contributed by atoms with Gasteiger partial charge in [0.05, 0.1) is 57.9 Å². The highest BCUT2D eigenvalue weighted by molar-refractivity contribution is 9.11. The third kappa shape index (κ3) is 40.7. The van der Waals surface area contributed by atoms with Crippen LogP contribution >= 0.6 is 120 Å². The van der Waals surface area contributed by atoms with Crippen LogP contribution in [0.3, 0.4) is 0 Å². The number of benzene rings is 3. The molecular weight excluding hydrogens is 1770 g/mol. The predicted octanol–water partition coefficient (Wildman–Crippen LogP) is 17.3. The van der Waals surface area contributed by atoms with Gasteiger partial charge in [0, 0.05) is 69.0 Å². The molecule has 636 valence electrons. The summed E-state index contributed by atoms with van der Waals surface area (Å²) in [5.74, 6) is -0.701. The summed E-state index contributed by atoms with van der Waals surface area (Å²) < 4.78 is 36.6. The van der Waals surface area contributed by atoms with Gasteiger partial charge in [0.2, 0.25) is 11.8 Å². The largest absolute Gasteiger partial charge is 0.488 e. The lowest BCUT2D eigenvalue weighted by atomic mass is 9.81. The van der Waals surface area contributed by atoms with Crippen LogP contribution < -0.4 is 36.6 Å². The SMILES string of the molecule is C.CC#N.CC#N.CC(C)(C)ON=O.CCOC(=O)c1cnc(N)s1.CCOC(=O)c1nc(-c2ccccc2)sc1N1CC[C@H](Oc2ccc(C)cn2)C1.CCOC(=O)c1sc(-c2ccccc2)nc1Cl.CCOC(=O)c1sc(Br)nc1Cl.CCOC(=O)c1sc(N)nc1Cl.Cc1ccc(O[C@H]2CCNC2)nc1.Cl.OB(O)c1ccccc1. The average Bonchev–Trinajstić information content (AvgIpc) is 1.64. The molecule has 0 aliphatic carbocycles. The van der Waals surface area contributed by atoms with Crippen LogP contribution in [-0.2, 0) is 28.5 Å². The summed E-state index contributed by atoms with van der Waals surface area (Å²) in [6.07, 6.45) is 7.30. The van der Waals surface area contributed by atoms with Crippen LogP contribution in [0.25, 0.3) is 21.1 Å². The second kappa shape index (κ2) is 59.1. The minimum Gasteiger partial charge on any atom is -0.473 e. The van der Waals surface area contributed by atoms with Crippen molar-refractivity contribution in [3.63, 3.8) is 0 Å². The van der Waals surface area contributed by atoms with Gasteiger partial charge in [-0.05, 0) is 115 Å². The zero-order valence-electron chi connectivity index (χ0n) is 65.9. The molecule has 7 N–H and O–H groups in total. The number of aromatic nitrogens is 7. The molecule has 2 fully saturated rings. The number of nitrogens with one attached hydrogen (secondary N) is 1. The van der Waals surface area contributed by atoms with E-state index in [1.165, 1.54) is 42.7 Å². The van der Waals surface area contributed by atoms with E-state index in [-0.39, 0.29) is 63.3 Å². The Bertz CT molecular complexity index is 4580. The predicted molar refractivity (Wildman–Crippen MR) is 473 cm³/mol. The van der Waals surface area contributed by atoms with Crippen molar-refractivity contribution in [3.05, 3.63) is 194 Å². The van der Waals surface area contributed by atoms with E-state index in [2.05, 4.69) is 71.2 Å². The molecular formula is C77H94BBrCl4N14O16S5. The van der Waals surface area contributed by atoms with E-state index in [1.807, 2.05) is 111 Å². The first-order valence-corrected chi connectivity index (χ1v) is 41.2. The van der Waals surface area contributed by atoms with Gasteiger partial charge >= 0.3 is 37.0 Å². The topological polar surface area (TPSA) is 434 Å². The zero-order valence-corrected chi connectivity index (χ0v) is 74.6. The third-order valence-electron chi connectivity index (χ3n) is 13.4. The second-order valence-corrected chi connectivity index (χ2v) is 31.0. The van der Waals surface area contributed by atoms with E-state index in [0.717, 1.165) is 110 Å². The van der Waals surface area contributed by atoms with Gasteiger partial charge < -0.3 is 69.7 Å². The number of esters is 5. The van der Waals surface area contributed by atoms with Crippen LogP contribution in [0.1, 0.15) is 150 Å². The Morgan fingerprint density at radius 2 is 1.03 bits per heavy atom. The number of ether oxygens (including phenoxy) is 7. The van der Waals surface area contributed by atoms with Gasteiger partial charge in [-0.15, -0.1) is 28.7 Å². The number of hydrogen-bond acceptors (Lipinski definition) is 35. The van der Waals surface area contributed by atoms with Crippen molar-refractivity contribution >= 4 is 178 Å². The lowest BCUT2D eigenvalue weighted by molar-refractivity contribution is -0.00233. The monoisotopic (exact) mass is 1860 g/mol. The molecule has 0 radical (unpaired) electrons. The maximum absolute atomic E-state index is 12.5. The number of anilines is 3. The summed E-state index contributed by atoms with van der Waals surface area (Å²) in [4.78, 5) is 103. The molecule has 0 saturated carbocycles. The highest BCUT2D eigenvalue weighted by Gasteiger charge is 2.32. The van der Waals surface area contributed by atoms with Gasteiger partial charge in [0.1, 0.15) is 37.7 Å². The Balaban J connectivity index is 0.000000691. The molecule has 118 heavy (non-hydrogen) atoms. The van der Waals surface area contributed by atoms with Crippen molar-refractivity contribution in [3.8, 4) is 45.0 Å². The number of rotatable bonds is 19. The van der Waals surface area contributed by atoms with Gasteiger partial charge in [0.15, 0.2) is 55.3 Å². The van der Waals surface area contributed by atoms with Crippen LogP contribution in [0.15, 0.2) is 143 Å². The Hall–Kier alpha value is -9.58. The maximum atomic E-state index is 12.5. The Morgan fingerprint density at radius 1 is 0.593 bits per heavy atom. The number of thiazole rings is 5. The summed E-state index contributed by atoms with van der Waals surface area (Å²) in [5, 5.41) is 40.8. The summed E-state index contributed by atoms with van der Waals surface area (Å²) in [5.41, 5.74) is 15.3. The summed E-state index contributed by atoms with van der Waals surface area (Å²) in [7, 11) is -1.34. The smallest absolute Gasteiger partial charge is 0.473 e. The van der Waals surface area contributed by atoms with E-state index in [9.17, 15) is 28.9 Å². The van der Waals surface area contributed by atoms with Crippen molar-refractivity contribution in [1.82, 2.24) is 40.2 Å². The molecule has 2 atom stereocenters. The fourth-order valence-electron chi connectivity index (χ4n) is 8.58. The lowest BCUT2D eigenvalue weighted by Gasteiger charge is -2.17. The molecule has 3 aromatic carbocycles. The molecule has 2 saturated heterocycles. The average molecular weight is 1860 g/mol. The van der Waals surface area contributed by atoms with Crippen molar-refractivity contribution in [1.29, 1.82) is 10.5 Å². The minimum atomic E-state index is -1.34. The molecule has 30 nitrogen and oxygen atoms in total. The van der Waals surface area contributed by atoms with Gasteiger partial charge in [-0.3, -0.25) is 0 Å². The number of hydrogen-bond donors (Lipinski definition) is 5. The molecule has 9 heterocycles. The molecule has 0 spiro atoms. The molecule has 0 amide bonds. The standard InChI is InChI=1S/C22H23N3O3S.C12H10ClNO2S.C10H14N2O.C6H7BO2.C6H5BrClNO2S.C6H7ClN2O2S.C6H8N2O2S.C4H9NO2.2C2H3N.CH4.ClH/c1-3-27-22(26)19-21(29-20(24-19)16-7-5-4-6-8-16)25-12-11-17(14-25)28-18-10-9-15(2)13-23-18;1-2-16-12(15)9-10(13)14-11(17-9)8-6-4-3-5-7-8;1-8-2-3-10(12-6-8)13-9-4-5-11-7-9;8-7(9)6-4-2-1-3-5-6;1-2-11-5(10)3-4(8)9-6(7)12-3;1-2-11-5(10)3-4(7)9-6(8)12-3;1-2-10-5(9)4-3-8-6(7)11-4;1-4(2,3)7-5-6;2*1-2-3;;/h4-10,13,17H,3,11-12,14H2,1-2H3;3-7H,2H2,1H3;2-3,6,9,11H,4-5,7H2,1H3;1-5,8-9H;2H2,1H3;2H2,1H3,(H2,8,9);3H,2H2,1H3,(H2,7,8);1-3H3;2*1H3;1H4;1H/t17-;;9-;;;;;;;;;/m0.0........./s1. The highest BCUT2D eigenvalue weighted by Crippen LogP contribution is 2.38. The molecule has 7 aromatic heterocycles.